The number of rotatable bonds is 4. The molecular weight excluding hydrogens is 368 g/mol. The molecule has 1 aliphatic heterocycles. The van der Waals surface area contributed by atoms with E-state index in [2.05, 4.69) is 15.5 Å². The van der Waals surface area contributed by atoms with E-state index in [-0.39, 0.29) is 10.9 Å². The van der Waals surface area contributed by atoms with E-state index in [0.29, 0.717) is 42.2 Å². The molecule has 1 fully saturated rings. The number of ether oxygens (including phenoxy) is 1. The highest BCUT2D eigenvalue weighted by atomic mass is 32.2. The predicted octanol–water partition coefficient (Wildman–Crippen LogP) is 1.88. The van der Waals surface area contributed by atoms with Gasteiger partial charge in [0.25, 0.3) is 5.71 Å². The van der Waals surface area contributed by atoms with Crippen molar-refractivity contribution in [1.29, 1.82) is 0 Å². The van der Waals surface area contributed by atoms with E-state index in [9.17, 15) is 8.42 Å². The zero-order valence-corrected chi connectivity index (χ0v) is 15.9. The second-order valence-electron chi connectivity index (χ2n) is 6.37. The van der Waals surface area contributed by atoms with Gasteiger partial charge in [0.1, 0.15) is 10.6 Å². The first kappa shape index (κ1) is 17.9. The van der Waals surface area contributed by atoms with Crippen molar-refractivity contribution in [2.75, 3.05) is 26.7 Å². The van der Waals surface area contributed by atoms with Gasteiger partial charge in [0.05, 0.1) is 30.4 Å². The highest BCUT2D eigenvalue weighted by Crippen LogP contribution is 2.34. The van der Waals surface area contributed by atoms with Crippen LogP contribution in [0.4, 0.5) is 0 Å². The Hall–Kier alpha value is -2.49. The van der Waals surface area contributed by atoms with Crippen LogP contribution in [0.3, 0.4) is 0 Å². The third kappa shape index (κ3) is 3.07. The predicted molar refractivity (Wildman–Crippen MR) is 99.0 cm³/mol. The van der Waals surface area contributed by atoms with Crippen molar-refractivity contribution in [2.45, 2.75) is 17.9 Å². The van der Waals surface area contributed by atoms with Crippen molar-refractivity contribution in [2.24, 2.45) is 0 Å². The van der Waals surface area contributed by atoms with Crippen LogP contribution in [-0.2, 0) is 10.0 Å². The molecule has 0 aliphatic carbocycles. The molecule has 0 saturated carbocycles. The fraction of sp³-hybridized carbons (Fsp3) is 0.333. The smallest absolute Gasteiger partial charge is 0.257 e. The quantitative estimate of drug-likeness (QED) is 0.729. The Balaban J connectivity index is 1.78. The summed E-state index contributed by atoms with van der Waals surface area (Å²) in [7, 11) is -2.18. The maximum Gasteiger partial charge on any atom is 0.257 e. The standard InChI is InChI=1S/C18H20N4O4S/c1-12-15-9-13(10-20-18(15)26-21-12)27(23,24)22-8-7-19-11-16(22)14-5-3-4-6-17(14)25-2/h3-6,9-10,16,19H,7-8,11H2,1-2H3. The first-order valence-electron chi connectivity index (χ1n) is 8.60. The van der Waals surface area contributed by atoms with Crippen LogP contribution in [0, 0.1) is 6.92 Å². The minimum atomic E-state index is -3.76. The van der Waals surface area contributed by atoms with Crippen molar-refractivity contribution in [1.82, 2.24) is 19.8 Å². The molecule has 142 valence electrons. The number of fused-ring (bicyclic) bond motifs is 1. The largest absolute Gasteiger partial charge is 0.496 e. The summed E-state index contributed by atoms with van der Waals surface area (Å²) in [5.74, 6) is 0.662. The van der Waals surface area contributed by atoms with E-state index in [0.717, 1.165) is 5.56 Å². The summed E-state index contributed by atoms with van der Waals surface area (Å²) < 4.78 is 38.9. The number of benzene rings is 1. The fourth-order valence-electron chi connectivity index (χ4n) is 3.38. The zero-order chi connectivity index (χ0) is 19.0. The molecule has 0 radical (unpaired) electrons. The van der Waals surface area contributed by atoms with Gasteiger partial charge in [-0.05, 0) is 19.1 Å². The average molecular weight is 388 g/mol. The zero-order valence-electron chi connectivity index (χ0n) is 15.0. The van der Waals surface area contributed by atoms with E-state index in [1.807, 2.05) is 24.3 Å². The number of sulfonamides is 1. The van der Waals surface area contributed by atoms with Crippen LogP contribution < -0.4 is 10.1 Å². The van der Waals surface area contributed by atoms with E-state index < -0.39 is 10.0 Å². The Labute approximate surface area is 157 Å². The summed E-state index contributed by atoms with van der Waals surface area (Å²) in [5.41, 5.74) is 1.76. The Morgan fingerprint density at radius 1 is 1.33 bits per heavy atom. The van der Waals surface area contributed by atoms with Gasteiger partial charge < -0.3 is 14.6 Å². The van der Waals surface area contributed by atoms with E-state index in [1.165, 1.54) is 10.5 Å². The van der Waals surface area contributed by atoms with Crippen LogP contribution in [0.15, 0.2) is 45.9 Å². The van der Waals surface area contributed by atoms with E-state index in [1.54, 1.807) is 20.1 Å². The van der Waals surface area contributed by atoms with Gasteiger partial charge in [-0.1, -0.05) is 23.4 Å². The highest BCUT2D eigenvalue weighted by molar-refractivity contribution is 7.89. The molecule has 0 amide bonds. The van der Waals surface area contributed by atoms with Crippen molar-refractivity contribution in [3.63, 3.8) is 0 Å². The molecular formula is C18H20N4O4S. The number of nitrogens with zero attached hydrogens (tertiary/aromatic N) is 3. The van der Waals surface area contributed by atoms with Crippen molar-refractivity contribution in [3.05, 3.63) is 47.8 Å². The topological polar surface area (TPSA) is 97.6 Å². The summed E-state index contributed by atoms with van der Waals surface area (Å²) in [6.07, 6.45) is 1.32. The Kier molecular flexibility index (Phi) is 4.58. The van der Waals surface area contributed by atoms with Gasteiger partial charge in [0.15, 0.2) is 0 Å². The third-order valence-corrected chi connectivity index (χ3v) is 6.66. The van der Waals surface area contributed by atoms with Crippen LogP contribution in [0.25, 0.3) is 11.1 Å². The Morgan fingerprint density at radius 2 is 2.15 bits per heavy atom. The lowest BCUT2D eigenvalue weighted by molar-refractivity contribution is 0.264. The van der Waals surface area contributed by atoms with Gasteiger partial charge in [0, 0.05) is 25.2 Å². The molecule has 0 spiro atoms. The molecule has 3 heterocycles. The Bertz CT molecular complexity index is 1080. The number of hydrogen-bond acceptors (Lipinski definition) is 7. The number of nitrogens with one attached hydrogen (secondary N) is 1. The first-order valence-corrected chi connectivity index (χ1v) is 10.0. The van der Waals surface area contributed by atoms with Crippen molar-refractivity contribution in [3.8, 4) is 5.75 Å². The molecule has 1 N–H and O–H groups in total. The molecule has 1 aliphatic rings. The summed E-state index contributed by atoms with van der Waals surface area (Å²) in [6, 6.07) is 8.67. The molecule has 4 rings (SSSR count). The number of aryl methyl sites for hydroxylation is 1. The average Bonchev–Trinajstić information content (AvgIpc) is 3.08. The molecule has 9 heteroatoms. The second-order valence-corrected chi connectivity index (χ2v) is 8.26. The lowest BCUT2D eigenvalue weighted by Gasteiger charge is -2.35. The SMILES string of the molecule is COc1ccccc1C1CNCCN1S(=O)(=O)c1cnc2onc(C)c2c1. The van der Waals surface area contributed by atoms with Gasteiger partial charge in [0.2, 0.25) is 10.0 Å². The maximum absolute atomic E-state index is 13.4. The normalized spacial score (nSPS) is 18.7. The summed E-state index contributed by atoms with van der Waals surface area (Å²) in [6.45, 7) is 3.19. The molecule has 0 bridgehead atoms. The summed E-state index contributed by atoms with van der Waals surface area (Å²) in [4.78, 5) is 4.25. The second kappa shape index (κ2) is 6.91. The molecule has 1 saturated heterocycles. The minimum absolute atomic E-state index is 0.128. The monoisotopic (exact) mass is 388 g/mol. The number of methoxy groups -OCH3 is 1. The van der Waals surface area contributed by atoms with Crippen molar-refractivity contribution >= 4 is 21.1 Å². The molecule has 3 aromatic rings. The van der Waals surface area contributed by atoms with Crippen molar-refractivity contribution < 1.29 is 17.7 Å². The van der Waals surface area contributed by atoms with Gasteiger partial charge in [-0.2, -0.15) is 4.31 Å². The molecule has 27 heavy (non-hydrogen) atoms. The molecule has 1 aromatic carbocycles. The summed E-state index contributed by atoms with van der Waals surface area (Å²) in [5, 5.41) is 7.71. The number of pyridine rings is 1. The molecule has 8 nitrogen and oxygen atoms in total. The molecule has 1 unspecified atom stereocenters. The number of piperazine rings is 1. The number of hydrogen-bond donors (Lipinski definition) is 1. The van der Waals surface area contributed by atoms with Gasteiger partial charge >= 0.3 is 0 Å². The Morgan fingerprint density at radius 3 is 2.96 bits per heavy atom. The van der Waals surface area contributed by atoms with E-state index in [4.69, 9.17) is 9.26 Å². The highest BCUT2D eigenvalue weighted by Gasteiger charge is 2.36. The maximum atomic E-state index is 13.4. The van der Waals surface area contributed by atoms with Crippen LogP contribution in [0.1, 0.15) is 17.3 Å². The summed E-state index contributed by atoms with van der Waals surface area (Å²) >= 11 is 0. The first-order chi connectivity index (χ1) is 13.0. The third-order valence-electron chi connectivity index (χ3n) is 4.78. The molecule has 1 atom stereocenters. The van der Waals surface area contributed by atoms with Gasteiger partial charge in [-0.15, -0.1) is 0 Å². The van der Waals surface area contributed by atoms with Crippen LogP contribution in [0.2, 0.25) is 0 Å². The lowest BCUT2D eigenvalue weighted by Crippen LogP contribution is -2.48. The van der Waals surface area contributed by atoms with Crippen LogP contribution >= 0.6 is 0 Å². The van der Waals surface area contributed by atoms with Gasteiger partial charge in [-0.25, -0.2) is 13.4 Å². The van der Waals surface area contributed by atoms with Gasteiger partial charge in [-0.3, -0.25) is 0 Å². The lowest BCUT2D eigenvalue weighted by atomic mass is 10.0. The number of para-hydroxylation sites is 1. The minimum Gasteiger partial charge on any atom is -0.496 e. The van der Waals surface area contributed by atoms with Crippen LogP contribution in [-0.4, -0.2) is 49.6 Å². The van der Waals surface area contributed by atoms with Crippen LogP contribution in [0.5, 0.6) is 5.75 Å². The fourth-order valence-corrected chi connectivity index (χ4v) is 4.96. The number of aromatic nitrogens is 2. The van der Waals surface area contributed by atoms with E-state index >= 15 is 0 Å². The molecule has 2 aromatic heterocycles.